The molecule has 2 atom stereocenters. The highest BCUT2D eigenvalue weighted by Gasteiger charge is 2.32. The van der Waals surface area contributed by atoms with Crippen LogP contribution in [-0.4, -0.2) is 50.1 Å². The van der Waals surface area contributed by atoms with Gasteiger partial charge in [0.25, 0.3) is 0 Å². The average molecular weight is 400 g/mol. The zero-order valence-electron chi connectivity index (χ0n) is 16.4. The first kappa shape index (κ1) is 23.0. The van der Waals surface area contributed by atoms with Crippen LogP contribution in [0, 0.1) is 5.92 Å². The van der Waals surface area contributed by atoms with Gasteiger partial charge in [-0.05, 0) is 30.9 Å². The second kappa shape index (κ2) is 10.4. The van der Waals surface area contributed by atoms with E-state index in [1.165, 1.54) is 0 Å². The van der Waals surface area contributed by atoms with Gasteiger partial charge >= 0.3 is 0 Å². The smallest absolute Gasteiger partial charge is 0.242 e. The number of hydrogen-bond acceptors (Lipinski definition) is 5. The first-order valence-corrected chi connectivity index (χ1v) is 8.93. The largest absolute Gasteiger partial charge is 0.497 e. The minimum atomic E-state index is -0.612. The van der Waals surface area contributed by atoms with E-state index in [1.807, 2.05) is 32.0 Å². The fraction of sp³-hybridized carbons (Fsp3) is 0.579. The minimum absolute atomic E-state index is 0. The molecule has 1 aliphatic heterocycles. The molecule has 0 saturated carbocycles. The lowest BCUT2D eigenvalue weighted by Gasteiger charge is -2.27. The third-order valence-electron chi connectivity index (χ3n) is 4.81. The minimum Gasteiger partial charge on any atom is -0.497 e. The topological polar surface area (TPSA) is 93.9 Å². The highest BCUT2D eigenvalue weighted by Crippen LogP contribution is 2.38. The van der Waals surface area contributed by atoms with Crippen LogP contribution in [0.2, 0.25) is 0 Å². The summed E-state index contributed by atoms with van der Waals surface area (Å²) in [6.07, 6.45) is 1.76. The zero-order chi connectivity index (χ0) is 19.3. The highest BCUT2D eigenvalue weighted by atomic mass is 35.5. The third kappa shape index (κ3) is 5.49. The lowest BCUT2D eigenvalue weighted by molar-refractivity contribution is -0.134. The Kier molecular flexibility index (Phi) is 8.85. The van der Waals surface area contributed by atoms with Crippen molar-refractivity contribution in [1.82, 2.24) is 10.2 Å². The van der Waals surface area contributed by atoms with Crippen LogP contribution in [-0.2, 0) is 9.59 Å². The Morgan fingerprint density at radius 3 is 2.59 bits per heavy atom. The van der Waals surface area contributed by atoms with Gasteiger partial charge in [-0.3, -0.25) is 9.59 Å². The molecule has 1 aliphatic rings. The lowest BCUT2D eigenvalue weighted by atomic mass is 10.0. The molecule has 7 nitrogen and oxygen atoms in total. The maximum absolute atomic E-state index is 12.7. The first-order chi connectivity index (χ1) is 12.4. The number of likely N-dealkylation sites (tertiary alicyclic amines) is 1. The maximum Gasteiger partial charge on any atom is 0.242 e. The van der Waals surface area contributed by atoms with Crippen LogP contribution in [0.15, 0.2) is 18.2 Å². The van der Waals surface area contributed by atoms with Crippen molar-refractivity contribution >= 4 is 24.2 Å². The Bertz CT molecular complexity index is 654. The van der Waals surface area contributed by atoms with Crippen molar-refractivity contribution in [3.63, 3.8) is 0 Å². The number of carbonyl (C=O) groups excluding carboxylic acids is 2. The van der Waals surface area contributed by atoms with E-state index in [0.717, 1.165) is 18.4 Å². The number of hydrogen-bond donors (Lipinski definition) is 2. The van der Waals surface area contributed by atoms with E-state index in [-0.39, 0.29) is 42.7 Å². The van der Waals surface area contributed by atoms with Gasteiger partial charge < -0.3 is 25.4 Å². The van der Waals surface area contributed by atoms with Crippen LogP contribution in [0.25, 0.3) is 0 Å². The van der Waals surface area contributed by atoms with E-state index >= 15 is 0 Å². The molecule has 0 radical (unpaired) electrons. The fourth-order valence-corrected chi connectivity index (χ4v) is 3.17. The molecule has 0 bridgehead atoms. The number of nitrogens with two attached hydrogens (primary N) is 1. The van der Waals surface area contributed by atoms with Gasteiger partial charge in [-0.1, -0.05) is 13.8 Å². The van der Waals surface area contributed by atoms with Crippen molar-refractivity contribution in [2.45, 2.75) is 38.8 Å². The predicted molar refractivity (Wildman–Crippen MR) is 106 cm³/mol. The Balaban J connectivity index is 0.00000364. The van der Waals surface area contributed by atoms with Gasteiger partial charge in [0.1, 0.15) is 11.5 Å². The molecule has 1 aromatic rings. The number of halogens is 1. The fourth-order valence-electron chi connectivity index (χ4n) is 3.17. The highest BCUT2D eigenvalue weighted by molar-refractivity contribution is 5.87. The Hall–Kier alpha value is -1.99. The van der Waals surface area contributed by atoms with E-state index in [0.29, 0.717) is 18.0 Å². The predicted octanol–water partition coefficient (Wildman–Crippen LogP) is 1.89. The van der Waals surface area contributed by atoms with Crippen molar-refractivity contribution in [3.8, 4) is 11.5 Å². The monoisotopic (exact) mass is 399 g/mol. The number of methoxy groups -OCH3 is 2. The molecule has 0 aromatic heterocycles. The van der Waals surface area contributed by atoms with E-state index in [9.17, 15) is 9.59 Å². The molecular formula is C19H30ClN3O4. The number of carbonyl (C=O) groups is 2. The molecule has 152 valence electrons. The van der Waals surface area contributed by atoms with Gasteiger partial charge in [0.05, 0.1) is 32.8 Å². The Morgan fingerprint density at radius 2 is 2.00 bits per heavy atom. The maximum atomic E-state index is 12.7. The summed E-state index contributed by atoms with van der Waals surface area (Å²) < 4.78 is 10.7. The molecule has 2 amide bonds. The quantitative estimate of drug-likeness (QED) is 0.730. The number of benzene rings is 1. The summed E-state index contributed by atoms with van der Waals surface area (Å²) >= 11 is 0. The summed E-state index contributed by atoms with van der Waals surface area (Å²) in [4.78, 5) is 26.4. The van der Waals surface area contributed by atoms with Gasteiger partial charge in [0.15, 0.2) is 0 Å². The number of nitrogens with zero attached hydrogens (tertiary/aromatic N) is 1. The summed E-state index contributed by atoms with van der Waals surface area (Å²) in [6.45, 7) is 4.36. The molecular weight excluding hydrogens is 370 g/mol. The molecule has 0 spiro atoms. The number of rotatable bonds is 7. The first-order valence-electron chi connectivity index (χ1n) is 8.93. The molecule has 0 aliphatic carbocycles. The van der Waals surface area contributed by atoms with Crippen molar-refractivity contribution in [2.24, 2.45) is 11.7 Å². The summed E-state index contributed by atoms with van der Waals surface area (Å²) in [5.74, 6) is 1.00. The molecule has 3 N–H and O–H groups in total. The van der Waals surface area contributed by atoms with Crippen molar-refractivity contribution in [3.05, 3.63) is 23.8 Å². The normalized spacial score (nSPS) is 17.3. The number of ether oxygens (including phenoxy) is 2. The van der Waals surface area contributed by atoms with E-state index in [2.05, 4.69) is 5.32 Å². The Morgan fingerprint density at radius 1 is 1.30 bits per heavy atom. The third-order valence-corrected chi connectivity index (χ3v) is 4.81. The van der Waals surface area contributed by atoms with Gasteiger partial charge in [0.2, 0.25) is 11.8 Å². The number of nitrogens with one attached hydrogen (secondary N) is 1. The SMILES string of the molecule is COc1ccc(C2CCCN2C(=O)CNC(=O)[C@@H](N)C(C)C)c(OC)c1.Cl. The molecule has 1 unspecified atom stereocenters. The average Bonchev–Trinajstić information content (AvgIpc) is 3.13. The van der Waals surface area contributed by atoms with Crippen LogP contribution in [0.5, 0.6) is 11.5 Å². The molecule has 1 saturated heterocycles. The lowest BCUT2D eigenvalue weighted by Crippen LogP contribution is -2.47. The van der Waals surface area contributed by atoms with Gasteiger partial charge in [-0.15, -0.1) is 12.4 Å². The van der Waals surface area contributed by atoms with E-state index < -0.39 is 6.04 Å². The molecule has 1 aromatic carbocycles. The second-order valence-electron chi connectivity index (χ2n) is 6.84. The number of amides is 2. The second-order valence-corrected chi connectivity index (χ2v) is 6.84. The van der Waals surface area contributed by atoms with E-state index in [4.69, 9.17) is 15.2 Å². The van der Waals surface area contributed by atoms with E-state index in [1.54, 1.807) is 19.1 Å². The molecule has 1 heterocycles. The summed E-state index contributed by atoms with van der Waals surface area (Å²) in [7, 11) is 3.21. The van der Waals surface area contributed by atoms with Crippen LogP contribution in [0.3, 0.4) is 0 Å². The van der Waals surface area contributed by atoms with Gasteiger partial charge in [-0.2, -0.15) is 0 Å². The van der Waals surface area contributed by atoms with Crippen LogP contribution >= 0.6 is 12.4 Å². The summed E-state index contributed by atoms with van der Waals surface area (Å²) in [5.41, 5.74) is 6.77. The van der Waals surface area contributed by atoms with Crippen LogP contribution in [0.1, 0.15) is 38.3 Å². The van der Waals surface area contributed by atoms with Crippen LogP contribution in [0.4, 0.5) is 0 Å². The molecule has 1 fully saturated rings. The van der Waals surface area contributed by atoms with Gasteiger partial charge in [-0.25, -0.2) is 0 Å². The van der Waals surface area contributed by atoms with Gasteiger partial charge in [0, 0.05) is 18.2 Å². The molecule has 2 rings (SSSR count). The van der Waals surface area contributed by atoms with Crippen molar-refractivity contribution in [1.29, 1.82) is 0 Å². The Labute approximate surface area is 167 Å². The molecule has 8 heteroatoms. The standard InChI is InChI=1S/C19H29N3O4.ClH/c1-12(2)18(20)19(24)21-11-17(23)22-9-5-6-15(22)14-8-7-13(25-3)10-16(14)26-4;/h7-8,10,12,15,18H,5-6,9,11,20H2,1-4H3,(H,21,24);1H/t15?,18-;/m0./s1. The van der Waals surface area contributed by atoms with Crippen molar-refractivity contribution in [2.75, 3.05) is 27.3 Å². The van der Waals surface area contributed by atoms with Crippen LogP contribution < -0.4 is 20.5 Å². The zero-order valence-corrected chi connectivity index (χ0v) is 17.2. The van der Waals surface area contributed by atoms with Crippen molar-refractivity contribution < 1.29 is 19.1 Å². The molecule has 27 heavy (non-hydrogen) atoms. The summed E-state index contributed by atoms with van der Waals surface area (Å²) in [6, 6.07) is 4.93. The summed E-state index contributed by atoms with van der Waals surface area (Å²) in [5, 5.41) is 2.65.